The molecule has 1 aliphatic heterocycles. The monoisotopic (exact) mass is 281 g/mol. The van der Waals surface area contributed by atoms with Gasteiger partial charge in [-0.25, -0.2) is 4.79 Å². The summed E-state index contributed by atoms with van der Waals surface area (Å²) in [5.41, 5.74) is 1.21. The molecule has 5 heteroatoms. The Labute approximate surface area is 117 Å². The number of nitrogens with zero attached hydrogens (tertiary/aromatic N) is 1. The fourth-order valence-corrected chi connectivity index (χ4v) is 3.58. The van der Waals surface area contributed by atoms with Crippen LogP contribution in [-0.2, 0) is 16.0 Å². The maximum absolute atomic E-state index is 12.5. The molecule has 1 aromatic rings. The van der Waals surface area contributed by atoms with Crippen LogP contribution in [-0.4, -0.2) is 36.5 Å². The first-order chi connectivity index (χ1) is 9.08. The summed E-state index contributed by atoms with van der Waals surface area (Å²) in [5, 5.41) is 0. The molecule has 1 amide bonds. The van der Waals surface area contributed by atoms with E-state index in [-0.39, 0.29) is 11.9 Å². The van der Waals surface area contributed by atoms with E-state index in [1.807, 2.05) is 13.0 Å². The van der Waals surface area contributed by atoms with Gasteiger partial charge < -0.3 is 9.64 Å². The molecular formula is C14H19NO3S. The summed E-state index contributed by atoms with van der Waals surface area (Å²) in [5.74, 6) is -0.351. The summed E-state index contributed by atoms with van der Waals surface area (Å²) < 4.78 is 4.77. The van der Waals surface area contributed by atoms with Crippen molar-refractivity contribution < 1.29 is 14.3 Å². The minimum atomic E-state index is -0.412. The Morgan fingerprint density at radius 2 is 2.26 bits per heavy atom. The smallest absolute Gasteiger partial charge is 0.328 e. The van der Waals surface area contributed by atoms with E-state index in [1.165, 1.54) is 28.9 Å². The van der Waals surface area contributed by atoms with E-state index in [0.29, 0.717) is 13.0 Å². The fourth-order valence-electron chi connectivity index (χ4n) is 2.51. The van der Waals surface area contributed by atoms with E-state index in [4.69, 9.17) is 4.74 Å². The number of rotatable bonds is 3. The van der Waals surface area contributed by atoms with Crippen molar-refractivity contribution in [1.29, 1.82) is 0 Å². The van der Waals surface area contributed by atoms with Crippen LogP contribution in [0.5, 0.6) is 0 Å². The minimum Gasteiger partial charge on any atom is -0.467 e. The molecule has 1 saturated heterocycles. The maximum atomic E-state index is 12.5. The van der Waals surface area contributed by atoms with E-state index in [1.54, 1.807) is 4.90 Å². The van der Waals surface area contributed by atoms with Gasteiger partial charge in [-0.05, 0) is 37.8 Å². The topological polar surface area (TPSA) is 46.6 Å². The number of amides is 1. The molecule has 0 spiro atoms. The Bertz CT molecular complexity index is 495. The summed E-state index contributed by atoms with van der Waals surface area (Å²) in [7, 11) is 1.37. The van der Waals surface area contributed by atoms with Crippen LogP contribution in [0.25, 0.3) is 0 Å². The molecular weight excluding hydrogens is 262 g/mol. The first kappa shape index (κ1) is 14.1. The van der Waals surface area contributed by atoms with Crippen molar-refractivity contribution in [3.63, 3.8) is 0 Å². The molecule has 0 saturated carbocycles. The molecule has 0 aliphatic carbocycles. The van der Waals surface area contributed by atoms with Gasteiger partial charge in [-0.1, -0.05) is 6.92 Å². The summed E-state index contributed by atoms with van der Waals surface area (Å²) in [6, 6.07) is 1.54. The second-order valence-electron chi connectivity index (χ2n) is 4.73. The number of carbonyl (C=O) groups excluding carboxylic acids is 2. The molecule has 104 valence electrons. The van der Waals surface area contributed by atoms with E-state index >= 15 is 0 Å². The average Bonchev–Trinajstić information content (AvgIpc) is 3.03. The molecule has 0 unspecified atom stereocenters. The zero-order valence-corrected chi connectivity index (χ0v) is 12.4. The maximum Gasteiger partial charge on any atom is 0.328 e. The van der Waals surface area contributed by atoms with Gasteiger partial charge in [0.05, 0.1) is 12.0 Å². The number of ether oxygens (including phenoxy) is 1. The van der Waals surface area contributed by atoms with Gasteiger partial charge in [0.2, 0.25) is 0 Å². The van der Waals surface area contributed by atoms with Crippen LogP contribution in [0.2, 0.25) is 0 Å². The van der Waals surface area contributed by atoms with Gasteiger partial charge in [-0.2, -0.15) is 0 Å². The Morgan fingerprint density at radius 1 is 1.53 bits per heavy atom. The Balaban J connectivity index is 2.20. The summed E-state index contributed by atoms with van der Waals surface area (Å²) in [4.78, 5) is 27.7. The van der Waals surface area contributed by atoms with Gasteiger partial charge in [-0.3, -0.25) is 4.79 Å². The molecule has 1 aromatic heterocycles. The van der Waals surface area contributed by atoms with Crippen molar-refractivity contribution >= 4 is 23.2 Å². The predicted octanol–water partition coefficient (Wildman–Crippen LogP) is 2.40. The van der Waals surface area contributed by atoms with Crippen molar-refractivity contribution in [1.82, 2.24) is 4.90 Å². The van der Waals surface area contributed by atoms with E-state index in [0.717, 1.165) is 17.7 Å². The van der Waals surface area contributed by atoms with Gasteiger partial charge in [0.25, 0.3) is 5.91 Å². The van der Waals surface area contributed by atoms with Crippen molar-refractivity contribution in [2.45, 2.75) is 39.2 Å². The lowest BCUT2D eigenvalue weighted by molar-refractivity contribution is -0.145. The average molecular weight is 281 g/mol. The number of hydrogen-bond donors (Lipinski definition) is 0. The molecule has 19 heavy (non-hydrogen) atoms. The molecule has 1 atom stereocenters. The zero-order valence-electron chi connectivity index (χ0n) is 11.6. The first-order valence-electron chi connectivity index (χ1n) is 6.56. The third-order valence-corrected chi connectivity index (χ3v) is 4.68. The number of aryl methyl sites for hydroxylation is 2. The highest BCUT2D eigenvalue weighted by atomic mass is 32.1. The van der Waals surface area contributed by atoms with E-state index in [2.05, 4.69) is 6.92 Å². The molecule has 4 nitrogen and oxygen atoms in total. The molecule has 1 aliphatic rings. The van der Waals surface area contributed by atoms with Crippen LogP contribution in [0.15, 0.2) is 6.07 Å². The lowest BCUT2D eigenvalue weighted by Crippen LogP contribution is -2.40. The van der Waals surface area contributed by atoms with Gasteiger partial charge >= 0.3 is 5.97 Å². The quantitative estimate of drug-likeness (QED) is 0.799. The van der Waals surface area contributed by atoms with Gasteiger partial charge in [0.1, 0.15) is 6.04 Å². The number of esters is 1. The largest absolute Gasteiger partial charge is 0.467 e. The predicted molar refractivity (Wildman–Crippen MR) is 74.5 cm³/mol. The summed E-state index contributed by atoms with van der Waals surface area (Å²) >= 11 is 1.51. The molecule has 2 rings (SSSR count). The normalized spacial score (nSPS) is 18.7. The van der Waals surface area contributed by atoms with E-state index < -0.39 is 6.04 Å². The van der Waals surface area contributed by atoms with Crippen LogP contribution >= 0.6 is 11.3 Å². The number of likely N-dealkylation sites (tertiary alicyclic amines) is 1. The van der Waals surface area contributed by atoms with E-state index in [9.17, 15) is 9.59 Å². The van der Waals surface area contributed by atoms with Crippen LogP contribution in [0, 0.1) is 6.92 Å². The highest BCUT2D eigenvalue weighted by molar-refractivity contribution is 7.14. The first-order valence-corrected chi connectivity index (χ1v) is 7.38. The molecule has 0 radical (unpaired) electrons. The number of methoxy groups -OCH3 is 1. The zero-order chi connectivity index (χ0) is 14.0. The molecule has 2 heterocycles. The van der Waals surface area contributed by atoms with Crippen LogP contribution < -0.4 is 0 Å². The molecule has 1 fully saturated rings. The molecule has 0 N–H and O–H groups in total. The lowest BCUT2D eigenvalue weighted by atomic mass is 10.2. The van der Waals surface area contributed by atoms with Gasteiger partial charge in [0.15, 0.2) is 0 Å². The summed E-state index contributed by atoms with van der Waals surface area (Å²) in [6.45, 7) is 4.75. The van der Waals surface area contributed by atoms with Crippen molar-refractivity contribution in [2.75, 3.05) is 13.7 Å². The number of thiophene rings is 1. The third kappa shape index (κ3) is 2.66. The second-order valence-corrected chi connectivity index (χ2v) is 5.98. The lowest BCUT2D eigenvalue weighted by Gasteiger charge is -2.21. The number of carbonyl (C=O) groups is 2. The molecule has 0 aromatic carbocycles. The SMILES string of the molecule is CCc1cc(C(=O)N2CCC[C@H]2C(=O)OC)sc1C. The fraction of sp³-hybridized carbons (Fsp3) is 0.571. The minimum absolute atomic E-state index is 0.0410. The van der Waals surface area contributed by atoms with Crippen LogP contribution in [0.1, 0.15) is 39.9 Å². The highest BCUT2D eigenvalue weighted by Crippen LogP contribution is 2.27. The van der Waals surface area contributed by atoms with Crippen molar-refractivity contribution in [2.24, 2.45) is 0 Å². The Kier molecular flexibility index (Phi) is 4.24. The summed E-state index contributed by atoms with van der Waals surface area (Å²) in [6.07, 6.45) is 2.48. The highest BCUT2D eigenvalue weighted by Gasteiger charge is 2.35. The number of hydrogen-bond acceptors (Lipinski definition) is 4. The standard InChI is InChI=1S/C14H19NO3S/c1-4-10-8-12(19-9(10)2)13(16)15-7-5-6-11(15)14(17)18-3/h8,11H,4-7H2,1-3H3/t11-/m0/s1. The van der Waals surface area contributed by atoms with Crippen molar-refractivity contribution in [3.05, 3.63) is 21.4 Å². The van der Waals surface area contributed by atoms with Crippen LogP contribution in [0.4, 0.5) is 0 Å². The van der Waals surface area contributed by atoms with Gasteiger partial charge in [0, 0.05) is 11.4 Å². The van der Waals surface area contributed by atoms with Crippen molar-refractivity contribution in [3.8, 4) is 0 Å². The Morgan fingerprint density at radius 3 is 2.84 bits per heavy atom. The van der Waals surface area contributed by atoms with Crippen LogP contribution in [0.3, 0.4) is 0 Å². The second kappa shape index (κ2) is 5.74. The van der Waals surface area contributed by atoms with Gasteiger partial charge in [-0.15, -0.1) is 11.3 Å². The Hall–Kier alpha value is -1.36. The third-order valence-electron chi connectivity index (χ3n) is 3.60. The molecule has 0 bridgehead atoms.